The summed E-state index contributed by atoms with van der Waals surface area (Å²) in [6.07, 6.45) is 8.27. The van der Waals surface area contributed by atoms with Crippen molar-refractivity contribution >= 4 is 31.9 Å². The van der Waals surface area contributed by atoms with Crippen LogP contribution >= 0.6 is 31.9 Å². The minimum Gasteiger partial charge on any atom is -0.295 e. The summed E-state index contributed by atoms with van der Waals surface area (Å²) < 4.78 is 2.52. The third-order valence-corrected chi connectivity index (χ3v) is 5.39. The summed E-state index contributed by atoms with van der Waals surface area (Å²) in [5.74, 6) is 0. The zero-order valence-corrected chi connectivity index (χ0v) is 14.9. The van der Waals surface area contributed by atoms with Gasteiger partial charge >= 0.3 is 0 Å². The van der Waals surface area contributed by atoms with Crippen LogP contribution < -0.4 is 0 Å². The smallest absolute Gasteiger partial charge is 0.0252 e. The van der Waals surface area contributed by atoms with Gasteiger partial charge in [-0.25, -0.2) is 0 Å². The normalized spacial score (nSPS) is 14.9. The van der Waals surface area contributed by atoms with Crippen molar-refractivity contribution in [3.63, 3.8) is 0 Å². The lowest BCUT2D eigenvalue weighted by atomic mass is 10.1. The molecule has 1 heterocycles. The molecule has 106 valence electrons. The maximum atomic E-state index is 3.67. The lowest BCUT2D eigenvalue weighted by molar-refractivity contribution is 0.276. The van der Waals surface area contributed by atoms with Gasteiger partial charge in [-0.2, -0.15) is 0 Å². The molecule has 1 aliphatic rings. The number of nitrogens with zero attached hydrogens (tertiary/aromatic N) is 1. The van der Waals surface area contributed by atoms with Crippen LogP contribution in [0.15, 0.2) is 21.1 Å². The minimum atomic E-state index is 1.10. The Hall–Kier alpha value is 0.140. The summed E-state index contributed by atoms with van der Waals surface area (Å²) in [6.45, 7) is 5.71. The van der Waals surface area contributed by atoms with Gasteiger partial charge in [-0.3, -0.25) is 4.90 Å². The molecule has 19 heavy (non-hydrogen) atoms. The Labute approximate surface area is 134 Å². The van der Waals surface area contributed by atoms with E-state index in [1.54, 1.807) is 0 Å². The predicted octanol–water partition coefficient (Wildman–Crippen LogP) is 5.89. The topological polar surface area (TPSA) is 3.24 Å². The molecule has 1 aromatic carbocycles. The van der Waals surface area contributed by atoms with E-state index in [9.17, 15) is 0 Å². The molecule has 1 aromatic rings. The van der Waals surface area contributed by atoms with Crippen molar-refractivity contribution in [2.45, 2.75) is 58.5 Å². The molecule has 1 nitrogen and oxygen atoms in total. The molecule has 0 saturated heterocycles. The second kappa shape index (κ2) is 7.80. The van der Waals surface area contributed by atoms with Crippen molar-refractivity contribution in [3.05, 3.63) is 32.2 Å². The van der Waals surface area contributed by atoms with E-state index < -0.39 is 0 Å². The van der Waals surface area contributed by atoms with Crippen molar-refractivity contribution in [2.24, 2.45) is 0 Å². The molecule has 0 fully saturated rings. The molecule has 2 rings (SSSR count). The summed E-state index contributed by atoms with van der Waals surface area (Å²) >= 11 is 7.34. The lowest BCUT2D eigenvalue weighted by Gasteiger charge is -2.14. The first-order chi connectivity index (χ1) is 9.22. The Morgan fingerprint density at radius 1 is 0.895 bits per heavy atom. The van der Waals surface area contributed by atoms with Crippen LogP contribution in [0.3, 0.4) is 0 Å². The van der Waals surface area contributed by atoms with E-state index in [0.717, 1.165) is 13.1 Å². The molecule has 0 amide bonds. The quantitative estimate of drug-likeness (QED) is 0.526. The molecule has 0 bridgehead atoms. The van der Waals surface area contributed by atoms with E-state index in [-0.39, 0.29) is 0 Å². The van der Waals surface area contributed by atoms with E-state index in [1.165, 1.54) is 65.1 Å². The Balaban J connectivity index is 1.75. The average molecular weight is 389 g/mol. The van der Waals surface area contributed by atoms with Crippen LogP contribution in [0.5, 0.6) is 0 Å². The first-order valence-electron chi connectivity index (χ1n) is 7.40. The summed E-state index contributed by atoms with van der Waals surface area (Å²) in [5.41, 5.74) is 2.95. The number of hydrogen-bond donors (Lipinski definition) is 0. The highest BCUT2D eigenvalue weighted by Crippen LogP contribution is 2.34. The van der Waals surface area contributed by atoms with E-state index in [2.05, 4.69) is 55.8 Å². The van der Waals surface area contributed by atoms with Crippen LogP contribution in [0.25, 0.3) is 0 Å². The van der Waals surface area contributed by atoms with Crippen LogP contribution in [-0.2, 0) is 13.1 Å². The summed E-state index contributed by atoms with van der Waals surface area (Å²) in [7, 11) is 0. The number of rotatable bonds is 7. The van der Waals surface area contributed by atoms with Crippen LogP contribution in [0.2, 0.25) is 0 Å². The van der Waals surface area contributed by atoms with E-state index in [4.69, 9.17) is 0 Å². The minimum absolute atomic E-state index is 1.10. The third kappa shape index (κ3) is 4.30. The fourth-order valence-corrected chi connectivity index (χ4v) is 3.75. The summed E-state index contributed by atoms with van der Waals surface area (Å²) in [5, 5.41) is 0. The monoisotopic (exact) mass is 387 g/mol. The van der Waals surface area contributed by atoms with Gasteiger partial charge in [0.15, 0.2) is 0 Å². The predicted molar refractivity (Wildman–Crippen MR) is 89.3 cm³/mol. The van der Waals surface area contributed by atoms with Gasteiger partial charge in [-0.1, -0.05) is 70.9 Å². The Morgan fingerprint density at radius 3 is 2.00 bits per heavy atom. The van der Waals surface area contributed by atoms with Gasteiger partial charge < -0.3 is 0 Å². The molecule has 0 aromatic heterocycles. The SMILES string of the molecule is CCCCCCCCN1Cc2c(Br)ccc(Br)c2C1. The maximum Gasteiger partial charge on any atom is 0.0252 e. The molecule has 0 radical (unpaired) electrons. The first-order valence-corrected chi connectivity index (χ1v) is 8.99. The van der Waals surface area contributed by atoms with E-state index in [0.29, 0.717) is 0 Å². The zero-order chi connectivity index (χ0) is 13.7. The number of benzene rings is 1. The fourth-order valence-electron chi connectivity index (χ4n) is 2.75. The standard InChI is InChI=1S/C16H23Br2N/c1-2-3-4-5-6-7-10-19-11-13-14(12-19)16(18)9-8-15(13)17/h8-9H,2-7,10-12H2,1H3. The molecular formula is C16H23Br2N. The van der Waals surface area contributed by atoms with Gasteiger partial charge in [0.2, 0.25) is 0 Å². The molecule has 0 N–H and O–H groups in total. The maximum absolute atomic E-state index is 3.67. The van der Waals surface area contributed by atoms with Crippen LogP contribution in [0.4, 0.5) is 0 Å². The lowest BCUT2D eigenvalue weighted by Crippen LogP contribution is -2.17. The molecule has 0 unspecified atom stereocenters. The van der Waals surface area contributed by atoms with Gasteiger partial charge in [0.1, 0.15) is 0 Å². The Bertz CT molecular complexity index is 386. The molecule has 1 aliphatic heterocycles. The molecule has 0 atom stereocenters. The highest BCUT2D eigenvalue weighted by Gasteiger charge is 2.22. The molecule has 0 spiro atoms. The number of hydrogen-bond acceptors (Lipinski definition) is 1. The largest absolute Gasteiger partial charge is 0.295 e. The van der Waals surface area contributed by atoms with Crippen molar-refractivity contribution in [1.82, 2.24) is 4.90 Å². The second-order valence-electron chi connectivity index (χ2n) is 5.46. The zero-order valence-electron chi connectivity index (χ0n) is 11.7. The van der Waals surface area contributed by atoms with Gasteiger partial charge in [0.25, 0.3) is 0 Å². The van der Waals surface area contributed by atoms with E-state index in [1.807, 2.05) is 0 Å². The van der Waals surface area contributed by atoms with Gasteiger partial charge in [0, 0.05) is 22.0 Å². The van der Waals surface area contributed by atoms with Crippen LogP contribution in [0, 0.1) is 0 Å². The van der Waals surface area contributed by atoms with Crippen LogP contribution in [0.1, 0.15) is 56.6 Å². The van der Waals surface area contributed by atoms with Gasteiger partial charge in [-0.05, 0) is 36.2 Å². The second-order valence-corrected chi connectivity index (χ2v) is 7.17. The van der Waals surface area contributed by atoms with Gasteiger partial charge in [-0.15, -0.1) is 0 Å². The summed E-state index contributed by atoms with van der Waals surface area (Å²) in [4.78, 5) is 2.57. The molecular weight excluding hydrogens is 366 g/mol. The average Bonchev–Trinajstić information content (AvgIpc) is 2.83. The van der Waals surface area contributed by atoms with Crippen molar-refractivity contribution in [3.8, 4) is 0 Å². The Kier molecular flexibility index (Phi) is 6.37. The van der Waals surface area contributed by atoms with Crippen LogP contribution in [-0.4, -0.2) is 11.4 Å². The highest BCUT2D eigenvalue weighted by molar-refractivity contribution is 9.11. The fraction of sp³-hybridized carbons (Fsp3) is 0.625. The molecule has 0 aliphatic carbocycles. The number of fused-ring (bicyclic) bond motifs is 1. The number of unbranched alkanes of at least 4 members (excludes halogenated alkanes) is 5. The molecule has 0 saturated carbocycles. The molecule has 3 heteroatoms. The van der Waals surface area contributed by atoms with E-state index >= 15 is 0 Å². The summed E-state index contributed by atoms with van der Waals surface area (Å²) in [6, 6.07) is 4.30. The third-order valence-electron chi connectivity index (χ3n) is 3.91. The first kappa shape index (κ1) is 15.5. The van der Waals surface area contributed by atoms with Crippen molar-refractivity contribution in [1.29, 1.82) is 0 Å². The van der Waals surface area contributed by atoms with Crippen molar-refractivity contribution < 1.29 is 0 Å². The Morgan fingerprint density at radius 2 is 1.42 bits per heavy atom. The van der Waals surface area contributed by atoms with Gasteiger partial charge in [0.05, 0.1) is 0 Å². The highest BCUT2D eigenvalue weighted by atomic mass is 79.9. The number of halogens is 2. The van der Waals surface area contributed by atoms with Crippen molar-refractivity contribution in [2.75, 3.05) is 6.54 Å².